The fourth-order valence-corrected chi connectivity index (χ4v) is 4.03. The number of carbonyl (C=O) groups is 2. The number of amides is 2. The topological polar surface area (TPSA) is 49.4 Å². The van der Waals surface area contributed by atoms with Crippen LogP contribution in [0.15, 0.2) is 78.9 Å². The molecule has 4 nitrogen and oxygen atoms in total. The van der Waals surface area contributed by atoms with E-state index in [1.54, 1.807) is 4.90 Å². The zero-order valence-corrected chi connectivity index (χ0v) is 21.5. The fourth-order valence-electron chi connectivity index (χ4n) is 4.03. The Morgan fingerprint density at radius 2 is 1.37 bits per heavy atom. The van der Waals surface area contributed by atoms with E-state index in [4.69, 9.17) is 0 Å². The molecule has 0 unspecified atom stereocenters. The van der Waals surface area contributed by atoms with E-state index >= 15 is 0 Å². The number of nitrogens with zero attached hydrogens (tertiary/aromatic N) is 1. The molecule has 0 saturated heterocycles. The van der Waals surface area contributed by atoms with Gasteiger partial charge >= 0.3 is 0 Å². The molecule has 0 aliphatic heterocycles. The molecule has 0 heterocycles. The highest BCUT2D eigenvalue weighted by Crippen LogP contribution is 2.18. The van der Waals surface area contributed by atoms with Crippen LogP contribution in [0.4, 0.5) is 0 Å². The Balaban J connectivity index is 1.89. The Bertz CT molecular complexity index is 1080. The lowest BCUT2D eigenvalue weighted by atomic mass is 10.0. The molecule has 0 spiro atoms. The van der Waals surface area contributed by atoms with Crippen LogP contribution in [-0.2, 0) is 29.0 Å². The molecule has 3 aromatic rings. The number of nitrogens with one attached hydrogen (secondary N) is 1. The third-order valence-corrected chi connectivity index (χ3v) is 6.49. The maximum atomic E-state index is 13.7. The maximum absolute atomic E-state index is 13.7. The van der Waals surface area contributed by atoms with Crippen LogP contribution in [0.5, 0.6) is 0 Å². The summed E-state index contributed by atoms with van der Waals surface area (Å²) in [6.45, 7) is 8.56. The predicted octanol–water partition coefficient (Wildman–Crippen LogP) is 5.79. The molecular weight excluding hydrogens is 432 g/mol. The second-order valence-corrected chi connectivity index (χ2v) is 9.52. The molecule has 4 heteroatoms. The van der Waals surface area contributed by atoms with Crippen molar-refractivity contribution in [3.63, 3.8) is 0 Å². The van der Waals surface area contributed by atoms with Crippen molar-refractivity contribution in [2.45, 2.75) is 72.0 Å². The minimum Gasteiger partial charge on any atom is -0.352 e. The van der Waals surface area contributed by atoms with E-state index in [2.05, 4.69) is 48.6 Å². The Hall–Kier alpha value is -3.40. The normalized spacial score (nSPS) is 12.6. The van der Waals surface area contributed by atoms with Crippen LogP contribution in [0.3, 0.4) is 0 Å². The van der Waals surface area contributed by atoms with Crippen LogP contribution in [0.2, 0.25) is 0 Å². The van der Waals surface area contributed by atoms with Crippen LogP contribution < -0.4 is 5.32 Å². The monoisotopic (exact) mass is 470 g/mol. The number of benzene rings is 3. The van der Waals surface area contributed by atoms with Gasteiger partial charge in [0.15, 0.2) is 0 Å². The Kier molecular flexibility index (Phi) is 9.66. The number of rotatable bonds is 11. The zero-order valence-electron chi connectivity index (χ0n) is 21.5. The van der Waals surface area contributed by atoms with Crippen LogP contribution in [0.25, 0.3) is 0 Å². The Morgan fingerprint density at radius 1 is 0.800 bits per heavy atom. The van der Waals surface area contributed by atoms with Gasteiger partial charge in [0.05, 0.1) is 0 Å². The fraction of sp³-hybridized carbons (Fsp3) is 0.355. The van der Waals surface area contributed by atoms with Crippen LogP contribution in [0, 0.1) is 13.8 Å². The third kappa shape index (κ3) is 8.10. The van der Waals surface area contributed by atoms with Gasteiger partial charge in [-0.2, -0.15) is 0 Å². The SMILES string of the molecule is CC[C@H](C)NC(=O)[C@@H](Cc1ccccc1)N(Cc1ccc(C)cc1)C(=O)CCc1ccc(C)cc1. The third-order valence-electron chi connectivity index (χ3n) is 6.49. The molecule has 0 fully saturated rings. The maximum Gasteiger partial charge on any atom is 0.243 e. The molecule has 3 aromatic carbocycles. The molecule has 0 aliphatic carbocycles. The average molecular weight is 471 g/mol. The van der Waals surface area contributed by atoms with Crippen molar-refractivity contribution < 1.29 is 9.59 Å². The van der Waals surface area contributed by atoms with Crippen molar-refractivity contribution in [1.82, 2.24) is 10.2 Å². The largest absolute Gasteiger partial charge is 0.352 e. The van der Waals surface area contributed by atoms with Gasteiger partial charge < -0.3 is 10.2 Å². The summed E-state index contributed by atoms with van der Waals surface area (Å²) >= 11 is 0. The van der Waals surface area contributed by atoms with Crippen molar-refractivity contribution in [1.29, 1.82) is 0 Å². The lowest BCUT2D eigenvalue weighted by Crippen LogP contribution is -2.52. The van der Waals surface area contributed by atoms with Gasteiger partial charge in [-0.05, 0) is 50.3 Å². The second kappa shape index (κ2) is 12.9. The minimum atomic E-state index is -0.585. The average Bonchev–Trinajstić information content (AvgIpc) is 2.87. The summed E-state index contributed by atoms with van der Waals surface area (Å²) in [5, 5.41) is 3.13. The van der Waals surface area contributed by atoms with Crippen molar-refractivity contribution >= 4 is 11.8 Å². The van der Waals surface area contributed by atoms with E-state index in [-0.39, 0.29) is 17.9 Å². The van der Waals surface area contributed by atoms with Crippen LogP contribution in [0.1, 0.15) is 54.5 Å². The highest BCUT2D eigenvalue weighted by Gasteiger charge is 2.30. The van der Waals surface area contributed by atoms with Gasteiger partial charge in [0.1, 0.15) is 6.04 Å². The van der Waals surface area contributed by atoms with Crippen molar-refractivity contribution in [3.05, 3.63) is 107 Å². The smallest absolute Gasteiger partial charge is 0.243 e. The number of aryl methyl sites for hydroxylation is 3. The van der Waals surface area contributed by atoms with Gasteiger partial charge in [0.2, 0.25) is 11.8 Å². The quantitative estimate of drug-likeness (QED) is 0.386. The summed E-state index contributed by atoms with van der Waals surface area (Å²) in [6.07, 6.45) is 2.32. The number of carbonyl (C=O) groups excluding carboxylic acids is 2. The highest BCUT2D eigenvalue weighted by molar-refractivity contribution is 5.88. The van der Waals surface area contributed by atoms with Crippen molar-refractivity contribution in [3.8, 4) is 0 Å². The molecule has 1 N–H and O–H groups in total. The van der Waals surface area contributed by atoms with Crippen molar-refractivity contribution in [2.75, 3.05) is 0 Å². The van der Waals surface area contributed by atoms with Crippen molar-refractivity contribution in [2.24, 2.45) is 0 Å². The summed E-state index contributed by atoms with van der Waals surface area (Å²) in [7, 11) is 0. The summed E-state index contributed by atoms with van der Waals surface area (Å²) < 4.78 is 0. The van der Waals surface area contributed by atoms with E-state index in [9.17, 15) is 9.59 Å². The predicted molar refractivity (Wildman–Crippen MR) is 143 cm³/mol. The van der Waals surface area contributed by atoms with E-state index < -0.39 is 6.04 Å². The molecule has 0 aromatic heterocycles. The van der Waals surface area contributed by atoms with E-state index in [0.717, 1.165) is 23.1 Å². The number of hydrogen-bond acceptors (Lipinski definition) is 2. The molecule has 3 rings (SSSR count). The molecule has 2 atom stereocenters. The van der Waals surface area contributed by atoms with Gasteiger partial charge in [-0.3, -0.25) is 9.59 Å². The first-order valence-corrected chi connectivity index (χ1v) is 12.6. The lowest BCUT2D eigenvalue weighted by Gasteiger charge is -2.32. The molecule has 35 heavy (non-hydrogen) atoms. The first kappa shape index (κ1) is 26.2. The zero-order chi connectivity index (χ0) is 25.2. The Labute approximate surface area is 210 Å². The number of hydrogen-bond donors (Lipinski definition) is 1. The summed E-state index contributed by atoms with van der Waals surface area (Å²) in [5.74, 6) is -0.106. The lowest BCUT2D eigenvalue weighted by molar-refractivity contribution is -0.141. The molecule has 2 amide bonds. The van der Waals surface area contributed by atoms with E-state index in [1.165, 1.54) is 11.1 Å². The van der Waals surface area contributed by atoms with Crippen LogP contribution >= 0.6 is 0 Å². The van der Waals surface area contributed by atoms with Gasteiger partial charge in [-0.1, -0.05) is 96.9 Å². The summed E-state index contributed by atoms with van der Waals surface area (Å²) in [4.78, 5) is 29.0. The second-order valence-electron chi connectivity index (χ2n) is 9.52. The Morgan fingerprint density at radius 3 is 1.94 bits per heavy atom. The van der Waals surface area contributed by atoms with Gasteiger partial charge in [-0.15, -0.1) is 0 Å². The molecule has 0 radical (unpaired) electrons. The standard InChI is InChI=1S/C31H38N2O2/c1-5-25(4)32-31(35)29(21-27-9-7-6-8-10-27)33(22-28-17-13-24(3)14-18-28)30(34)20-19-26-15-11-23(2)12-16-26/h6-18,25,29H,5,19-22H2,1-4H3,(H,32,35)/t25-,29+/m0/s1. The molecule has 184 valence electrons. The van der Waals surface area contributed by atoms with Crippen LogP contribution in [-0.4, -0.2) is 28.8 Å². The first-order valence-electron chi connectivity index (χ1n) is 12.6. The minimum absolute atomic E-state index is 0.00798. The van der Waals surface area contributed by atoms with E-state index in [0.29, 0.717) is 25.8 Å². The highest BCUT2D eigenvalue weighted by atomic mass is 16.2. The van der Waals surface area contributed by atoms with Gasteiger partial charge in [-0.25, -0.2) is 0 Å². The van der Waals surface area contributed by atoms with Gasteiger partial charge in [0.25, 0.3) is 0 Å². The first-order chi connectivity index (χ1) is 16.9. The molecule has 0 aliphatic rings. The van der Waals surface area contributed by atoms with Gasteiger partial charge in [0, 0.05) is 25.4 Å². The molecule has 0 bridgehead atoms. The molecular formula is C31H38N2O2. The summed E-state index contributed by atoms with van der Waals surface area (Å²) in [5.41, 5.74) is 5.56. The van der Waals surface area contributed by atoms with E-state index in [1.807, 2.05) is 63.2 Å². The molecule has 0 saturated carbocycles. The summed E-state index contributed by atoms with van der Waals surface area (Å²) in [6, 6.07) is 25.9.